The predicted octanol–water partition coefficient (Wildman–Crippen LogP) is 7.31. The highest BCUT2D eigenvalue weighted by atomic mass is 32.1. The Morgan fingerprint density at radius 2 is 1.93 bits per heavy atom. The fourth-order valence-electron chi connectivity index (χ4n) is 6.25. The van der Waals surface area contributed by atoms with Gasteiger partial charge in [0.25, 0.3) is 0 Å². The Balaban J connectivity index is 1.17. The van der Waals surface area contributed by atoms with Crippen LogP contribution in [0.15, 0.2) is 30.5 Å². The summed E-state index contributed by atoms with van der Waals surface area (Å²) >= 11 is 1.72. The largest absolute Gasteiger partial charge is 0.447 e. The van der Waals surface area contributed by atoms with Gasteiger partial charge in [-0.05, 0) is 84.3 Å². The lowest BCUT2D eigenvalue weighted by Gasteiger charge is -2.29. The standard InChI is InChI=1S/C31H42N5O4PS/c1-20(2)40-31(37)34-23-10-8-22(9-11-23)30-32-19-27(42-30)25-13-12-24(18-26(25)41(38)15-6-16-41)33-28-17-21(3)36(35-28)29-7-4-5-14-39-29/h12-13,17-20,22-23,29H,4-11,14-16H2,1-3H3,(H,33,35)(H,34,37). The Morgan fingerprint density at radius 3 is 2.62 bits per heavy atom. The summed E-state index contributed by atoms with van der Waals surface area (Å²) < 4.78 is 27.1. The predicted molar refractivity (Wildman–Crippen MR) is 168 cm³/mol. The van der Waals surface area contributed by atoms with Gasteiger partial charge in [-0.3, -0.25) is 0 Å². The van der Waals surface area contributed by atoms with Gasteiger partial charge in [0, 0.05) is 65.4 Å². The quantitative estimate of drug-likeness (QED) is 0.257. The second-order valence-corrected chi connectivity index (χ2v) is 16.4. The lowest BCUT2D eigenvalue weighted by atomic mass is 9.86. The molecule has 3 aliphatic rings. The number of carbonyl (C=O) groups is 1. The maximum Gasteiger partial charge on any atom is 0.407 e. The second-order valence-electron chi connectivity index (χ2n) is 12.2. The fourth-order valence-corrected chi connectivity index (χ4v) is 9.83. The monoisotopic (exact) mass is 611 g/mol. The lowest BCUT2D eigenvalue weighted by Crippen LogP contribution is -2.38. The topological polar surface area (TPSA) is 107 Å². The van der Waals surface area contributed by atoms with Crippen molar-refractivity contribution in [3.63, 3.8) is 0 Å². The minimum atomic E-state index is -2.42. The Labute approximate surface area is 252 Å². The molecule has 1 aliphatic carbocycles. The highest BCUT2D eigenvalue weighted by Gasteiger charge is 2.35. The average molecular weight is 612 g/mol. The van der Waals surface area contributed by atoms with E-state index in [1.54, 1.807) is 11.3 Å². The number of amides is 1. The van der Waals surface area contributed by atoms with Crippen LogP contribution in [-0.4, -0.2) is 51.9 Å². The van der Waals surface area contributed by atoms with E-state index < -0.39 is 7.14 Å². The van der Waals surface area contributed by atoms with Crippen molar-refractivity contribution in [1.82, 2.24) is 20.1 Å². The van der Waals surface area contributed by atoms with Gasteiger partial charge in [-0.1, -0.05) is 6.07 Å². The molecule has 226 valence electrons. The molecule has 1 unspecified atom stereocenters. The molecule has 2 aliphatic heterocycles. The van der Waals surface area contributed by atoms with Gasteiger partial charge >= 0.3 is 6.09 Å². The summed E-state index contributed by atoms with van der Waals surface area (Å²) in [5.74, 6) is 1.15. The summed E-state index contributed by atoms with van der Waals surface area (Å²) in [6.45, 7) is 6.55. The van der Waals surface area contributed by atoms with Crippen LogP contribution in [0.5, 0.6) is 0 Å². The summed E-state index contributed by atoms with van der Waals surface area (Å²) in [5, 5.41) is 13.4. The molecule has 2 saturated heterocycles. The van der Waals surface area contributed by atoms with Crippen LogP contribution >= 0.6 is 18.5 Å². The number of hydrogen-bond acceptors (Lipinski definition) is 8. The van der Waals surface area contributed by atoms with E-state index in [0.29, 0.717) is 5.92 Å². The number of hydrogen-bond donors (Lipinski definition) is 2. The van der Waals surface area contributed by atoms with Crippen molar-refractivity contribution >= 4 is 41.4 Å². The molecule has 1 amide bonds. The van der Waals surface area contributed by atoms with Crippen LogP contribution in [0, 0.1) is 6.92 Å². The first-order chi connectivity index (χ1) is 20.3. The number of nitrogens with one attached hydrogen (secondary N) is 2. The van der Waals surface area contributed by atoms with Crippen LogP contribution in [0.2, 0.25) is 0 Å². The van der Waals surface area contributed by atoms with Crippen molar-refractivity contribution in [3.05, 3.63) is 41.2 Å². The number of carbonyl (C=O) groups excluding carboxylic acids is 1. The Bertz CT molecular complexity index is 1450. The number of thiazole rings is 1. The van der Waals surface area contributed by atoms with Crippen LogP contribution in [0.3, 0.4) is 0 Å². The molecule has 0 bridgehead atoms. The number of alkyl carbamates (subject to hydrolysis) is 1. The van der Waals surface area contributed by atoms with E-state index in [1.165, 1.54) is 0 Å². The first kappa shape index (κ1) is 29.4. The van der Waals surface area contributed by atoms with Gasteiger partial charge in [0.05, 0.1) is 16.0 Å². The van der Waals surface area contributed by atoms with Crippen molar-refractivity contribution in [3.8, 4) is 10.4 Å². The van der Waals surface area contributed by atoms with Crippen LogP contribution in [0.1, 0.15) is 88.1 Å². The smallest absolute Gasteiger partial charge is 0.407 e. The number of aromatic nitrogens is 3. The molecule has 1 saturated carbocycles. The molecule has 0 spiro atoms. The summed E-state index contributed by atoms with van der Waals surface area (Å²) in [7, 11) is -2.42. The number of rotatable bonds is 8. The molecule has 3 fully saturated rings. The highest BCUT2D eigenvalue weighted by Crippen LogP contribution is 2.56. The molecule has 4 heterocycles. The second kappa shape index (κ2) is 12.5. The third-order valence-corrected chi connectivity index (χ3v) is 13.1. The Morgan fingerprint density at radius 1 is 1.12 bits per heavy atom. The number of benzene rings is 1. The van der Waals surface area contributed by atoms with Crippen molar-refractivity contribution in [2.24, 2.45) is 0 Å². The van der Waals surface area contributed by atoms with Gasteiger partial charge in [-0.15, -0.1) is 11.3 Å². The van der Waals surface area contributed by atoms with Crippen molar-refractivity contribution < 1.29 is 18.8 Å². The lowest BCUT2D eigenvalue weighted by molar-refractivity contribution is -0.0404. The molecule has 42 heavy (non-hydrogen) atoms. The summed E-state index contributed by atoms with van der Waals surface area (Å²) in [6.07, 6.45) is 11.0. The van der Waals surface area contributed by atoms with E-state index in [1.807, 2.05) is 30.8 Å². The van der Waals surface area contributed by atoms with Crippen molar-refractivity contribution in [1.29, 1.82) is 0 Å². The highest BCUT2D eigenvalue weighted by molar-refractivity contribution is 7.73. The molecule has 0 radical (unpaired) electrons. The van der Waals surface area contributed by atoms with E-state index in [2.05, 4.69) is 35.8 Å². The van der Waals surface area contributed by atoms with Gasteiger partial charge in [0.2, 0.25) is 0 Å². The normalized spacial score (nSPS) is 23.8. The maximum absolute atomic E-state index is 13.9. The summed E-state index contributed by atoms with van der Waals surface area (Å²) in [5.41, 5.74) is 3.00. The van der Waals surface area contributed by atoms with Crippen LogP contribution in [0.25, 0.3) is 10.4 Å². The van der Waals surface area contributed by atoms with E-state index in [4.69, 9.17) is 19.6 Å². The Kier molecular flexibility index (Phi) is 8.75. The molecule has 1 aromatic carbocycles. The van der Waals surface area contributed by atoms with E-state index in [-0.39, 0.29) is 24.5 Å². The third kappa shape index (κ3) is 6.46. The molecular weight excluding hydrogens is 569 g/mol. The average Bonchev–Trinajstić information content (AvgIpc) is 3.59. The molecule has 11 heteroatoms. The number of ether oxygens (including phenoxy) is 2. The zero-order chi connectivity index (χ0) is 29.3. The molecule has 3 aromatic rings. The zero-order valence-electron chi connectivity index (χ0n) is 24.8. The maximum atomic E-state index is 13.9. The Hall–Kier alpha value is -2.68. The minimum absolute atomic E-state index is 0.00808. The molecular formula is C31H42N5O4PS. The summed E-state index contributed by atoms with van der Waals surface area (Å²) in [4.78, 5) is 17.9. The van der Waals surface area contributed by atoms with Crippen LogP contribution < -0.4 is 15.9 Å². The van der Waals surface area contributed by atoms with Gasteiger partial charge in [0.1, 0.15) is 7.14 Å². The third-order valence-electron chi connectivity index (χ3n) is 8.63. The van der Waals surface area contributed by atoms with E-state index in [9.17, 15) is 9.36 Å². The first-order valence-corrected chi connectivity index (χ1v) is 18.3. The number of aryl methyl sites for hydroxylation is 1. The molecule has 9 nitrogen and oxygen atoms in total. The van der Waals surface area contributed by atoms with Crippen LogP contribution in [0.4, 0.5) is 16.3 Å². The fraction of sp³-hybridized carbons (Fsp3) is 0.581. The SMILES string of the molecule is Cc1cc(Nc2ccc(-c3cnc(C4CCC(NC(=O)OC(C)C)CC4)s3)c(P3(=O)CCC3)c2)nn1C1CCCCO1. The first-order valence-electron chi connectivity index (χ1n) is 15.4. The van der Waals surface area contributed by atoms with Crippen molar-refractivity contribution in [2.75, 3.05) is 24.2 Å². The van der Waals surface area contributed by atoms with Gasteiger partial charge in [-0.2, -0.15) is 5.10 Å². The van der Waals surface area contributed by atoms with Gasteiger partial charge < -0.3 is 24.7 Å². The van der Waals surface area contributed by atoms with E-state index >= 15 is 0 Å². The van der Waals surface area contributed by atoms with Crippen molar-refractivity contribution in [2.45, 2.75) is 96.4 Å². The number of nitrogens with zero attached hydrogens (tertiary/aromatic N) is 3. The number of anilines is 2. The molecule has 2 aromatic heterocycles. The van der Waals surface area contributed by atoms with Crippen LogP contribution in [-0.2, 0) is 14.0 Å². The molecule has 6 rings (SSSR count). The molecule has 1 atom stereocenters. The summed E-state index contributed by atoms with van der Waals surface area (Å²) in [6, 6.07) is 8.43. The van der Waals surface area contributed by atoms with Gasteiger partial charge in [0.15, 0.2) is 12.0 Å². The van der Waals surface area contributed by atoms with Gasteiger partial charge in [-0.25, -0.2) is 14.5 Å². The molecule has 2 N–H and O–H groups in total. The minimum Gasteiger partial charge on any atom is -0.447 e. The zero-order valence-corrected chi connectivity index (χ0v) is 26.5. The van der Waals surface area contributed by atoms with E-state index in [0.717, 1.165) is 108 Å².